The fraction of sp³-hybridized carbons (Fsp3) is 0.0746. The van der Waals surface area contributed by atoms with Crippen molar-refractivity contribution in [3.05, 3.63) is 254 Å². The van der Waals surface area contributed by atoms with Gasteiger partial charge in [-0.05, 0) is 143 Å². The topological polar surface area (TPSA) is 171 Å². The number of azo groups is 2. The zero-order valence-electron chi connectivity index (χ0n) is 43.2. The molecule has 1 unspecified atom stereocenters. The quantitative estimate of drug-likeness (QED) is 0.0509. The van der Waals surface area contributed by atoms with E-state index in [-0.39, 0.29) is 28.5 Å². The van der Waals surface area contributed by atoms with Crippen molar-refractivity contribution in [2.75, 3.05) is 5.32 Å². The molecule has 1 amide bonds. The standard InChI is InChI=1S/C67H52N6O5/c1-39-13-29-51(41(3)33-39)66(78-68)58-37-47-9-5-7-11-52(47)61(64(58)75)72-70-49-25-19-43(20-26-49)15-17-45-23-30-54-55-31-24-46(36-57(55)63(74)56(54)35-45)18-16-44-21-27-50(28-22-44)71-73-62-53-12-8-6-10-48(53)38-59(65(62)76)67(77)69-60-32-14-40(2)34-42(60)4/h5-38,66,75-76H,68H2,1-4H3,(H,69,77)/b17-15+,18-16+,72-70?,73-71?. The van der Waals surface area contributed by atoms with E-state index >= 15 is 0 Å². The number of hydrogen-bond acceptors (Lipinski definition) is 10. The lowest BCUT2D eigenvalue weighted by molar-refractivity contribution is 0.0793. The summed E-state index contributed by atoms with van der Waals surface area (Å²) in [5, 5.41) is 47.0. The van der Waals surface area contributed by atoms with E-state index in [9.17, 15) is 19.8 Å². The summed E-state index contributed by atoms with van der Waals surface area (Å²) in [5.74, 6) is 5.08. The third-order valence-corrected chi connectivity index (χ3v) is 14.1. The minimum absolute atomic E-state index is 0.0260. The Morgan fingerprint density at radius 2 is 0.987 bits per heavy atom. The SMILES string of the molecule is Cc1ccc(NC(=O)c2cc3ccccc3c(N=Nc3ccc(/C=C/c4ccc5c(c4)C(=O)c4cc(/C=C/c6ccc(N=Nc7c(O)c(C(ON)c8ccc(C)cc8C)cc8ccccc78)cc6)ccc4-5)cc3)c2O)c(C)c1. The van der Waals surface area contributed by atoms with Gasteiger partial charge in [0.2, 0.25) is 0 Å². The molecule has 1 atom stereocenters. The number of hydrogen-bond donors (Lipinski definition) is 4. The summed E-state index contributed by atoms with van der Waals surface area (Å²) < 4.78 is 0. The molecule has 5 N–H and O–H groups in total. The van der Waals surface area contributed by atoms with Crippen LogP contribution < -0.4 is 11.2 Å². The Bertz CT molecular complexity index is 4160. The number of amides is 1. The number of fused-ring (bicyclic) bond motifs is 5. The zero-order chi connectivity index (χ0) is 54.0. The molecule has 1 aliphatic carbocycles. The molecule has 0 spiro atoms. The van der Waals surface area contributed by atoms with Crippen LogP contribution in [0.1, 0.15) is 88.0 Å². The minimum Gasteiger partial charge on any atom is -0.505 e. The molecule has 380 valence electrons. The first kappa shape index (κ1) is 50.2. The zero-order valence-corrected chi connectivity index (χ0v) is 43.2. The molecular weight excluding hydrogens is 969 g/mol. The lowest BCUT2D eigenvalue weighted by atomic mass is 9.93. The van der Waals surface area contributed by atoms with E-state index in [4.69, 9.17) is 10.7 Å². The maximum atomic E-state index is 13.9. The first-order chi connectivity index (χ1) is 37.9. The molecule has 11 rings (SSSR count). The first-order valence-electron chi connectivity index (χ1n) is 25.4. The lowest BCUT2D eigenvalue weighted by Crippen LogP contribution is -2.13. The summed E-state index contributed by atoms with van der Waals surface area (Å²) in [4.78, 5) is 32.9. The monoisotopic (exact) mass is 1020 g/mol. The number of aromatic hydroxyl groups is 2. The van der Waals surface area contributed by atoms with E-state index in [0.29, 0.717) is 44.8 Å². The summed E-state index contributed by atoms with van der Waals surface area (Å²) >= 11 is 0. The van der Waals surface area contributed by atoms with Crippen molar-refractivity contribution in [1.82, 2.24) is 0 Å². The van der Waals surface area contributed by atoms with E-state index in [1.54, 1.807) is 6.07 Å². The van der Waals surface area contributed by atoms with Crippen LogP contribution >= 0.6 is 0 Å². The van der Waals surface area contributed by atoms with Crippen LogP contribution in [0.5, 0.6) is 11.5 Å². The number of ketones is 1. The molecular formula is C67H52N6O5. The number of benzene rings is 10. The van der Waals surface area contributed by atoms with Crippen LogP contribution in [-0.2, 0) is 4.84 Å². The highest BCUT2D eigenvalue weighted by Gasteiger charge is 2.27. The number of carbonyl (C=O) groups excluding carboxylic acids is 2. The average molecular weight is 1020 g/mol. The minimum atomic E-state index is -0.725. The average Bonchev–Trinajstić information content (AvgIpc) is 3.77. The predicted molar refractivity (Wildman–Crippen MR) is 313 cm³/mol. The summed E-state index contributed by atoms with van der Waals surface area (Å²) in [5.41, 5.74) is 14.6. The molecule has 0 bridgehead atoms. The number of phenolic OH excluding ortho intramolecular Hbond substituents is 2. The molecule has 0 saturated heterocycles. The number of anilines is 1. The summed E-state index contributed by atoms with van der Waals surface area (Å²) in [6.45, 7) is 7.93. The highest BCUT2D eigenvalue weighted by Crippen LogP contribution is 2.45. The highest BCUT2D eigenvalue weighted by atomic mass is 16.6. The van der Waals surface area contributed by atoms with Crippen molar-refractivity contribution < 1.29 is 24.6 Å². The second-order valence-electron chi connectivity index (χ2n) is 19.6. The van der Waals surface area contributed by atoms with Gasteiger partial charge in [0.25, 0.3) is 5.91 Å². The van der Waals surface area contributed by atoms with E-state index in [0.717, 1.165) is 77.4 Å². The van der Waals surface area contributed by atoms with Gasteiger partial charge in [-0.25, -0.2) is 5.90 Å². The van der Waals surface area contributed by atoms with E-state index in [2.05, 4.69) is 31.8 Å². The Hall–Kier alpha value is -9.94. The van der Waals surface area contributed by atoms with Gasteiger partial charge in [0.05, 0.1) is 16.9 Å². The molecule has 11 nitrogen and oxygen atoms in total. The third kappa shape index (κ3) is 10.1. The molecule has 78 heavy (non-hydrogen) atoms. The number of rotatable bonds is 13. The van der Waals surface area contributed by atoms with E-state index < -0.39 is 12.0 Å². The lowest BCUT2D eigenvalue weighted by Gasteiger charge is -2.20. The van der Waals surface area contributed by atoms with Crippen LogP contribution in [0, 0.1) is 27.7 Å². The smallest absolute Gasteiger partial charge is 0.259 e. The van der Waals surface area contributed by atoms with Crippen molar-refractivity contribution >= 4 is 86.0 Å². The molecule has 0 heterocycles. The van der Waals surface area contributed by atoms with Crippen molar-refractivity contribution in [3.8, 4) is 22.6 Å². The molecule has 0 fully saturated rings. The number of aryl methyl sites for hydroxylation is 4. The molecule has 0 radical (unpaired) electrons. The van der Waals surface area contributed by atoms with Crippen molar-refractivity contribution in [2.24, 2.45) is 26.4 Å². The van der Waals surface area contributed by atoms with Gasteiger partial charge in [-0.1, -0.05) is 163 Å². The predicted octanol–water partition coefficient (Wildman–Crippen LogP) is 17.3. The van der Waals surface area contributed by atoms with Gasteiger partial charge in [-0.15, -0.1) is 10.2 Å². The summed E-state index contributed by atoms with van der Waals surface area (Å²) in [6, 6.07) is 57.4. The Balaban J connectivity index is 0.748. The second kappa shape index (κ2) is 21.4. The third-order valence-electron chi connectivity index (χ3n) is 14.1. The van der Waals surface area contributed by atoms with Crippen LogP contribution in [0.4, 0.5) is 28.4 Å². The van der Waals surface area contributed by atoms with Crippen LogP contribution in [0.2, 0.25) is 0 Å². The van der Waals surface area contributed by atoms with Crippen LogP contribution in [0.15, 0.2) is 202 Å². The van der Waals surface area contributed by atoms with Crippen LogP contribution in [0.25, 0.3) is 57.0 Å². The molecule has 0 aliphatic heterocycles. The fourth-order valence-corrected chi connectivity index (χ4v) is 10.0. The van der Waals surface area contributed by atoms with Crippen LogP contribution in [0.3, 0.4) is 0 Å². The van der Waals surface area contributed by atoms with Gasteiger partial charge in [0, 0.05) is 33.2 Å². The molecule has 0 saturated carbocycles. The fourth-order valence-electron chi connectivity index (χ4n) is 10.0. The largest absolute Gasteiger partial charge is 0.505 e. The van der Waals surface area contributed by atoms with Gasteiger partial charge in [0.15, 0.2) is 11.5 Å². The Morgan fingerprint density at radius 3 is 1.53 bits per heavy atom. The number of nitrogens with zero attached hydrogens (tertiary/aromatic N) is 4. The number of carbonyl (C=O) groups is 2. The van der Waals surface area contributed by atoms with Crippen molar-refractivity contribution in [3.63, 3.8) is 0 Å². The van der Waals surface area contributed by atoms with Gasteiger partial charge in [0.1, 0.15) is 23.2 Å². The maximum absolute atomic E-state index is 13.9. The van der Waals surface area contributed by atoms with E-state index in [1.165, 1.54) is 0 Å². The first-order valence-corrected chi connectivity index (χ1v) is 25.4. The number of phenols is 2. The second-order valence-corrected chi connectivity index (χ2v) is 19.6. The Morgan fingerprint density at radius 1 is 0.500 bits per heavy atom. The number of nitrogens with one attached hydrogen (secondary N) is 1. The molecule has 10 aromatic rings. The molecule has 0 aromatic heterocycles. The highest BCUT2D eigenvalue weighted by molar-refractivity contribution is 6.22. The number of nitrogens with two attached hydrogens (primary N) is 1. The van der Waals surface area contributed by atoms with Gasteiger partial charge in [-0.3, -0.25) is 14.4 Å². The Labute approximate surface area is 451 Å². The van der Waals surface area contributed by atoms with Gasteiger partial charge in [-0.2, -0.15) is 10.2 Å². The van der Waals surface area contributed by atoms with E-state index in [1.807, 2.05) is 222 Å². The summed E-state index contributed by atoms with van der Waals surface area (Å²) in [7, 11) is 0. The Kier molecular flexibility index (Phi) is 13.8. The van der Waals surface area contributed by atoms with Crippen molar-refractivity contribution in [2.45, 2.75) is 33.8 Å². The maximum Gasteiger partial charge on any atom is 0.259 e. The van der Waals surface area contributed by atoms with Gasteiger partial charge < -0.3 is 15.5 Å². The summed E-state index contributed by atoms with van der Waals surface area (Å²) in [6.07, 6.45) is 7.18. The van der Waals surface area contributed by atoms with Crippen LogP contribution in [-0.4, -0.2) is 21.9 Å². The molecule has 1 aliphatic rings. The molecule has 10 aromatic carbocycles. The molecule has 11 heteroatoms. The van der Waals surface area contributed by atoms with Gasteiger partial charge >= 0.3 is 0 Å². The normalized spacial score (nSPS) is 12.7. The van der Waals surface area contributed by atoms with Crippen molar-refractivity contribution in [1.29, 1.82) is 0 Å².